The van der Waals surface area contributed by atoms with Crippen molar-refractivity contribution in [3.05, 3.63) is 0 Å². The zero-order valence-electron chi connectivity index (χ0n) is 16.3. The van der Waals surface area contributed by atoms with Gasteiger partial charge >= 0.3 is 0 Å². The number of nitrogens with zero attached hydrogens (tertiary/aromatic N) is 1. The van der Waals surface area contributed by atoms with E-state index >= 15 is 0 Å². The number of rotatable bonds is 5. The number of hydrogen-bond donors (Lipinski definition) is 1. The zero-order chi connectivity index (χ0) is 18.3. The first-order valence-electron chi connectivity index (χ1n) is 10.6. The molecule has 146 valence electrons. The second-order valence-corrected chi connectivity index (χ2v) is 9.79. The van der Waals surface area contributed by atoms with E-state index in [1.54, 1.807) is 0 Å². The maximum atomic E-state index is 13.4. The van der Waals surface area contributed by atoms with Gasteiger partial charge in [-0.3, -0.25) is 9.59 Å². The zero-order valence-corrected chi connectivity index (χ0v) is 16.3. The monoisotopic (exact) mass is 362 g/mol. The summed E-state index contributed by atoms with van der Waals surface area (Å²) in [5.74, 6) is 2.85. The van der Waals surface area contributed by atoms with Gasteiger partial charge in [-0.2, -0.15) is 0 Å². The molecule has 0 aromatic heterocycles. The van der Waals surface area contributed by atoms with Crippen molar-refractivity contribution in [1.82, 2.24) is 10.2 Å². The summed E-state index contributed by atoms with van der Waals surface area (Å²) in [6, 6.07) is -0.381. The van der Waals surface area contributed by atoms with Gasteiger partial charge in [0.1, 0.15) is 6.04 Å². The Labute approximate surface area is 157 Å². The van der Waals surface area contributed by atoms with Crippen molar-refractivity contribution in [1.29, 1.82) is 0 Å². The Bertz CT molecular complexity index is 518. The number of hydrogen-bond acceptors (Lipinski definition) is 3. The Morgan fingerprint density at radius 3 is 2.08 bits per heavy atom. The molecule has 0 aromatic rings. The van der Waals surface area contributed by atoms with E-state index in [0.29, 0.717) is 38.6 Å². The summed E-state index contributed by atoms with van der Waals surface area (Å²) >= 11 is 0. The highest BCUT2D eigenvalue weighted by atomic mass is 16.5. The SMILES string of the molecule is CC(C)C[C@H](NC(=O)C12CC3CC(CC(C3)C1)C2)C(=O)N1CCOCC1. The van der Waals surface area contributed by atoms with E-state index in [1.165, 1.54) is 19.3 Å². The van der Waals surface area contributed by atoms with Crippen LogP contribution >= 0.6 is 0 Å². The van der Waals surface area contributed by atoms with Crippen molar-refractivity contribution >= 4 is 11.8 Å². The van der Waals surface area contributed by atoms with Gasteiger partial charge in [0.05, 0.1) is 13.2 Å². The molecule has 2 amide bonds. The topological polar surface area (TPSA) is 58.6 Å². The second-order valence-electron chi connectivity index (χ2n) is 9.79. The summed E-state index contributed by atoms with van der Waals surface area (Å²) in [5, 5.41) is 3.23. The quantitative estimate of drug-likeness (QED) is 0.818. The molecule has 1 aliphatic heterocycles. The molecule has 26 heavy (non-hydrogen) atoms. The average molecular weight is 363 g/mol. The third-order valence-corrected chi connectivity index (χ3v) is 7.15. The van der Waals surface area contributed by atoms with Gasteiger partial charge in [0.25, 0.3) is 0 Å². The number of carbonyl (C=O) groups is 2. The molecule has 5 rings (SSSR count). The van der Waals surface area contributed by atoms with Gasteiger partial charge in [0.15, 0.2) is 0 Å². The predicted molar refractivity (Wildman–Crippen MR) is 99.4 cm³/mol. The molecular weight excluding hydrogens is 328 g/mol. The normalized spacial score (nSPS) is 37.0. The van der Waals surface area contributed by atoms with Crippen LogP contribution in [-0.2, 0) is 14.3 Å². The highest BCUT2D eigenvalue weighted by Crippen LogP contribution is 2.60. The van der Waals surface area contributed by atoms with Crippen molar-refractivity contribution in [2.24, 2.45) is 29.1 Å². The molecule has 5 nitrogen and oxygen atoms in total. The Balaban J connectivity index is 1.46. The molecule has 4 bridgehead atoms. The van der Waals surface area contributed by atoms with Crippen LogP contribution in [0.1, 0.15) is 58.8 Å². The summed E-state index contributed by atoms with van der Waals surface area (Å²) in [7, 11) is 0. The van der Waals surface area contributed by atoms with Crippen molar-refractivity contribution in [2.75, 3.05) is 26.3 Å². The fourth-order valence-electron chi connectivity index (χ4n) is 6.40. The van der Waals surface area contributed by atoms with E-state index in [0.717, 1.165) is 37.0 Å². The average Bonchev–Trinajstić information content (AvgIpc) is 2.59. The summed E-state index contributed by atoms with van der Waals surface area (Å²) < 4.78 is 5.38. The number of morpholine rings is 1. The number of nitrogens with one attached hydrogen (secondary N) is 1. The lowest BCUT2D eigenvalue weighted by Crippen LogP contribution is -2.58. The molecule has 1 saturated heterocycles. The van der Waals surface area contributed by atoms with E-state index in [2.05, 4.69) is 19.2 Å². The molecule has 1 heterocycles. The fourth-order valence-corrected chi connectivity index (χ4v) is 6.40. The van der Waals surface area contributed by atoms with Crippen LogP contribution in [-0.4, -0.2) is 49.1 Å². The molecule has 0 spiro atoms. The lowest BCUT2D eigenvalue weighted by Gasteiger charge is -2.55. The van der Waals surface area contributed by atoms with Gasteiger partial charge in [0.2, 0.25) is 11.8 Å². The lowest BCUT2D eigenvalue weighted by atomic mass is 9.49. The third-order valence-electron chi connectivity index (χ3n) is 7.15. The van der Waals surface area contributed by atoms with Crippen molar-refractivity contribution in [3.63, 3.8) is 0 Å². The molecular formula is C21H34N2O3. The first-order valence-corrected chi connectivity index (χ1v) is 10.6. The van der Waals surface area contributed by atoms with Crippen LogP contribution in [0, 0.1) is 29.1 Å². The van der Waals surface area contributed by atoms with E-state index in [4.69, 9.17) is 4.74 Å². The van der Waals surface area contributed by atoms with Gasteiger partial charge in [-0.25, -0.2) is 0 Å². The molecule has 4 aliphatic carbocycles. The first-order chi connectivity index (χ1) is 12.4. The van der Waals surface area contributed by atoms with Crippen molar-refractivity contribution in [2.45, 2.75) is 64.8 Å². The van der Waals surface area contributed by atoms with Crippen LogP contribution in [0.2, 0.25) is 0 Å². The van der Waals surface area contributed by atoms with Crippen LogP contribution in [0.4, 0.5) is 0 Å². The number of carbonyl (C=O) groups excluding carboxylic acids is 2. The van der Waals surface area contributed by atoms with Crippen LogP contribution in [0.5, 0.6) is 0 Å². The largest absolute Gasteiger partial charge is 0.378 e. The second kappa shape index (κ2) is 7.14. The van der Waals surface area contributed by atoms with E-state index in [-0.39, 0.29) is 23.3 Å². The van der Waals surface area contributed by atoms with Crippen LogP contribution in [0.3, 0.4) is 0 Å². The fraction of sp³-hybridized carbons (Fsp3) is 0.905. The highest BCUT2D eigenvalue weighted by molar-refractivity contribution is 5.90. The minimum absolute atomic E-state index is 0.0834. The molecule has 0 aromatic carbocycles. The van der Waals surface area contributed by atoms with Gasteiger partial charge in [-0.05, 0) is 68.6 Å². The standard InChI is InChI=1S/C21H34N2O3/c1-14(2)7-18(19(24)23-3-5-26-6-4-23)22-20(25)21-11-15-8-16(12-21)10-17(9-15)13-21/h14-18H,3-13H2,1-2H3,(H,22,25)/t15?,16?,17?,18-,21?/m0/s1. The molecule has 1 atom stereocenters. The minimum Gasteiger partial charge on any atom is -0.378 e. The molecule has 0 radical (unpaired) electrons. The Kier molecular flexibility index (Phi) is 5.02. The summed E-state index contributed by atoms with van der Waals surface area (Å²) in [6.07, 6.45) is 7.84. The molecule has 5 fully saturated rings. The first kappa shape index (κ1) is 18.3. The molecule has 5 aliphatic rings. The summed E-state index contributed by atoms with van der Waals surface area (Å²) in [5.41, 5.74) is -0.185. The van der Waals surface area contributed by atoms with Crippen LogP contribution in [0.15, 0.2) is 0 Å². The van der Waals surface area contributed by atoms with Gasteiger partial charge < -0.3 is 15.0 Å². The maximum absolute atomic E-state index is 13.4. The van der Waals surface area contributed by atoms with E-state index < -0.39 is 0 Å². The van der Waals surface area contributed by atoms with Crippen molar-refractivity contribution < 1.29 is 14.3 Å². The maximum Gasteiger partial charge on any atom is 0.245 e. The molecule has 0 unspecified atom stereocenters. The lowest BCUT2D eigenvalue weighted by molar-refractivity contribution is -0.151. The van der Waals surface area contributed by atoms with E-state index in [1.807, 2.05) is 4.90 Å². The summed E-state index contributed by atoms with van der Waals surface area (Å²) in [4.78, 5) is 28.3. The van der Waals surface area contributed by atoms with Gasteiger partial charge in [-0.15, -0.1) is 0 Å². The smallest absolute Gasteiger partial charge is 0.245 e. The van der Waals surface area contributed by atoms with Crippen LogP contribution in [0.25, 0.3) is 0 Å². The Morgan fingerprint density at radius 2 is 1.58 bits per heavy atom. The molecule has 1 N–H and O–H groups in total. The Morgan fingerprint density at radius 1 is 1.04 bits per heavy atom. The minimum atomic E-state index is -0.381. The predicted octanol–water partition coefficient (Wildman–Crippen LogP) is 2.59. The number of ether oxygens (including phenoxy) is 1. The van der Waals surface area contributed by atoms with Crippen LogP contribution < -0.4 is 5.32 Å². The molecule has 5 heteroatoms. The molecule has 4 saturated carbocycles. The highest BCUT2D eigenvalue weighted by Gasteiger charge is 2.55. The van der Waals surface area contributed by atoms with Crippen molar-refractivity contribution in [3.8, 4) is 0 Å². The number of amides is 2. The summed E-state index contributed by atoms with van der Waals surface area (Å²) in [6.45, 7) is 6.72. The van der Waals surface area contributed by atoms with Gasteiger partial charge in [-0.1, -0.05) is 13.8 Å². The van der Waals surface area contributed by atoms with E-state index in [9.17, 15) is 9.59 Å². The third kappa shape index (κ3) is 3.51. The Hall–Kier alpha value is -1.10. The van der Waals surface area contributed by atoms with Gasteiger partial charge in [0, 0.05) is 18.5 Å².